The van der Waals surface area contributed by atoms with E-state index in [1.807, 2.05) is 16.8 Å². The molecule has 0 saturated heterocycles. The van der Waals surface area contributed by atoms with E-state index in [0.29, 0.717) is 42.9 Å². The van der Waals surface area contributed by atoms with E-state index in [1.165, 1.54) is 19.2 Å². The molecule has 0 saturated carbocycles. The first-order valence-corrected chi connectivity index (χ1v) is 17.3. The number of methoxy groups -OCH3 is 1. The lowest BCUT2D eigenvalue weighted by Crippen LogP contribution is -2.38. The Balaban J connectivity index is 1.29. The second kappa shape index (κ2) is 17.1. The number of allylic oxidation sites excluding steroid dienone is 1. The van der Waals surface area contributed by atoms with Gasteiger partial charge in [-0.3, -0.25) is 9.59 Å². The van der Waals surface area contributed by atoms with Crippen molar-refractivity contribution in [3.05, 3.63) is 82.8 Å². The molecule has 14 heteroatoms. The van der Waals surface area contributed by atoms with Gasteiger partial charge in [-0.15, -0.1) is 0 Å². The number of unbranched alkanes of at least 4 members (excludes halogenated alkanes) is 1. The quantitative estimate of drug-likeness (QED) is 0.123. The van der Waals surface area contributed by atoms with E-state index in [4.69, 9.17) is 19.9 Å². The summed E-state index contributed by atoms with van der Waals surface area (Å²) in [5.41, 5.74) is 7.95. The Hall–Kier alpha value is -3.95. The normalized spacial score (nSPS) is 16.4. The standard InChI is InChI=1S/C32H40N4O8S2/c1-42-25-9-11-26(12-10-25)46(40,41)36(15-17-37)16-18-43-31-21-24(23-13-19-45-22-23)20-29(44-31)32(39)34-14-5-4-8-30(38)35-28-7-3-2-6-27(28)33/h2-3,6-7,9-13,19-20,22,24,31,37H,4-5,8,14-18,21,33H2,1H3,(H,34,39)(H,35,38). The number of nitrogens with zero attached hydrogens (tertiary/aromatic N) is 1. The van der Waals surface area contributed by atoms with Gasteiger partial charge in [-0.2, -0.15) is 15.6 Å². The number of rotatable bonds is 17. The number of hydrogen-bond donors (Lipinski definition) is 4. The second-order valence-corrected chi connectivity index (χ2v) is 13.2. The fourth-order valence-electron chi connectivity index (χ4n) is 4.81. The molecule has 2 atom stereocenters. The molecule has 0 radical (unpaired) electrons. The Labute approximate surface area is 273 Å². The van der Waals surface area contributed by atoms with Crippen LogP contribution in [0.4, 0.5) is 11.4 Å². The van der Waals surface area contributed by atoms with Crippen molar-refractivity contribution in [2.24, 2.45) is 0 Å². The predicted molar refractivity (Wildman–Crippen MR) is 176 cm³/mol. The molecule has 3 aromatic rings. The lowest BCUT2D eigenvalue weighted by Gasteiger charge is -2.30. The molecule has 0 spiro atoms. The number of para-hydroxylation sites is 2. The number of sulfonamides is 1. The zero-order valence-electron chi connectivity index (χ0n) is 25.6. The molecule has 2 heterocycles. The number of nitrogens with one attached hydrogen (secondary N) is 2. The van der Waals surface area contributed by atoms with Gasteiger partial charge in [0.15, 0.2) is 5.76 Å². The van der Waals surface area contributed by atoms with Crippen molar-refractivity contribution in [3.63, 3.8) is 0 Å². The smallest absolute Gasteiger partial charge is 0.286 e. The molecule has 2 amide bonds. The fraction of sp³-hybridized carbons (Fsp3) is 0.375. The van der Waals surface area contributed by atoms with Crippen LogP contribution < -0.4 is 21.1 Å². The average molecular weight is 673 g/mol. The number of ether oxygens (including phenoxy) is 3. The van der Waals surface area contributed by atoms with Gasteiger partial charge in [0, 0.05) is 38.4 Å². The highest BCUT2D eigenvalue weighted by Gasteiger charge is 2.30. The SMILES string of the molecule is COc1ccc(S(=O)(=O)N(CCO)CCOC2CC(c3ccsc3)C=C(C(=O)NCCCCC(=O)Nc3ccccc3N)O2)cc1. The highest BCUT2D eigenvalue weighted by atomic mass is 32.2. The molecule has 1 aromatic heterocycles. The minimum absolute atomic E-state index is 0.0258. The van der Waals surface area contributed by atoms with E-state index >= 15 is 0 Å². The summed E-state index contributed by atoms with van der Waals surface area (Å²) in [7, 11) is -2.41. The summed E-state index contributed by atoms with van der Waals surface area (Å²) in [4.78, 5) is 25.4. The summed E-state index contributed by atoms with van der Waals surface area (Å²) < 4.78 is 44.6. The van der Waals surface area contributed by atoms with Gasteiger partial charge >= 0.3 is 0 Å². The van der Waals surface area contributed by atoms with Crippen molar-refractivity contribution in [2.45, 2.75) is 42.8 Å². The fourth-order valence-corrected chi connectivity index (χ4v) is 6.95. The molecule has 46 heavy (non-hydrogen) atoms. The van der Waals surface area contributed by atoms with E-state index in [1.54, 1.807) is 53.8 Å². The summed E-state index contributed by atoms with van der Waals surface area (Å²) in [6.45, 7) is -0.199. The summed E-state index contributed by atoms with van der Waals surface area (Å²) in [5, 5.41) is 19.1. The molecule has 4 rings (SSSR count). The largest absolute Gasteiger partial charge is 0.497 e. The highest BCUT2D eigenvalue weighted by molar-refractivity contribution is 7.89. The summed E-state index contributed by atoms with van der Waals surface area (Å²) in [6.07, 6.45) is 2.81. The third-order valence-electron chi connectivity index (χ3n) is 7.29. The molecule has 248 valence electrons. The van der Waals surface area contributed by atoms with Gasteiger partial charge in [-0.05, 0) is 77.7 Å². The third kappa shape index (κ3) is 9.77. The first kappa shape index (κ1) is 34.9. The Bertz CT molecular complexity index is 1560. The van der Waals surface area contributed by atoms with Crippen LogP contribution in [0.25, 0.3) is 0 Å². The van der Waals surface area contributed by atoms with E-state index < -0.39 is 22.2 Å². The second-order valence-electron chi connectivity index (χ2n) is 10.5. The summed E-state index contributed by atoms with van der Waals surface area (Å²) in [5.74, 6) is -0.0653. The van der Waals surface area contributed by atoms with Crippen LogP contribution in [-0.4, -0.2) is 75.9 Å². The van der Waals surface area contributed by atoms with Gasteiger partial charge in [0.05, 0.1) is 36.6 Å². The minimum atomic E-state index is -3.91. The van der Waals surface area contributed by atoms with Gasteiger partial charge in [0.2, 0.25) is 22.2 Å². The maximum Gasteiger partial charge on any atom is 0.286 e. The van der Waals surface area contributed by atoms with Crippen LogP contribution in [0, 0.1) is 0 Å². The van der Waals surface area contributed by atoms with Gasteiger partial charge in [0.25, 0.3) is 5.91 Å². The number of aliphatic hydroxyl groups excluding tert-OH is 1. The highest BCUT2D eigenvalue weighted by Crippen LogP contribution is 2.32. The topological polar surface area (TPSA) is 170 Å². The lowest BCUT2D eigenvalue weighted by molar-refractivity contribution is -0.146. The number of carbonyl (C=O) groups excluding carboxylic acids is 2. The molecular weight excluding hydrogens is 633 g/mol. The average Bonchev–Trinajstić information content (AvgIpc) is 3.60. The number of anilines is 2. The number of benzene rings is 2. The molecule has 12 nitrogen and oxygen atoms in total. The van der Waals surface area contributed by atoms with E-state index in [0.717, 1.165) is 9.87 Å². The number of amides is 2. The van der Waals surface area contributed by atoms with E-state index in [2.05, 4.69) is 10.6 Å². The van der Waals surface area contributed by atoms with Crippen LogP contribution in [-0.2, 0) is 29.1 Å². The van der Waals surface area contributed by atoms with Crippen LogP contribution in [0.2, 0.25) is 0 Å². The molecule has 0 fully saturated rings. The number of nitrogen functional groups attached to an aromatic ring is 1. The van der Waals surface area contributed by atoms with Crippen molar-refractivity contribution in [1.82, 2.24) is 9.62 Å². The Morgan fingerprint density at radius 2 is 1.89 bits per heavy atom. The van der Waals surface area contributed by atoms with Crippen molar-refractivity contribution in [3.8, 4) is 5.75 Å². The molecule has 0 aliphatic carbocycles. The molecule has 2 aromatic carbocycles. The molecule has 0 bridgehead atoms. The number of carbonyl (C=O) groups is 2. The Morgan fingerprint density at radius 3 is 2.59 bits per heavy atom. The predicted octanol–water partition coefficient (Wildman–Crippen LogP) is 3.68. The Morgan fingerprint density at radius 1 is 1.11 bits per heavy atom. The van der Waals surface area contributed by atoms with Gasteiger partial charge in [0.1, 0.15) is 5.75 Å². The first-order chi connectivity index (χ1) is 22.2. The van der Waals surface area contributed by atoms with Crippen LogP contribution in [0.3, 0.4) is 0 Å². The number of thiophene rings is 1. The Kier molecular flexibility index (Phi) is 13.0. The van der Waals surface area contributed by atoms with Crippen molar-refractivity contribution in [2.75, 3.05) is 51.0 Å². The van der Waals surface area contributed by atoms with Crippen molar-refractivity contribution in [1.29, 1.82) is 0 Å². The van der Waals surface area contributed by atoms with Crippen LogP contribution >= 0.6 is 11.3 Å². The maximum atomic E-state index is 13.2. The zero-order chi connectivity index (χ0) is 32.9. The third-order valence-corrected chi connectivity index (χ3v) is 9.91. The van der Waals surface area contributed by atoms with Crippen molar-refractivity contribution >= 4 is 44.5 Å². The van der Waals surface area contributed by atoms with E-state index in [-0.39, 0.29) is 55.2 Å². The van der Waals surface area contributed by atoms with Gasteiger partial charge in [-0.25, -0.2) is 8.42 Å². The molecule has 1 aliphatic heterocycles. The monoisotopic (exact) mass is 672 g/mol. The minimum Gasteiger partial charge on any atom is -0.497 e. The van der Waals surface area contributed by atoms with Crippen LogP contribution in [0.5, 0.6) is 5.75 Å². The van der Waals surface area contributed by atoms with Crippen LogP contribution in [0.1, 0.15) is 37.2 Å². The number of hydrogen-bond acceptors (Lipinski definition) is 10. The van der Waals surface area contributed by atoms with Gasteiger partial charge in [-0.1, -0.05) is 12.1 Å². The molecule has 2 unspecified atom stereocenters. The summed E-state index contributed by atoms with van der Waals surface area (Å²) >= 11 is 1.54. The van der Waals surface area contributed by atoms with Crippen molar-refractivity contribution < 1.29 is 37.3 Å². The molecular formula is C32H40N4O8S2. The zero-order valence-corrected chi connectivity index (χ0v) is 27.2. The lowest BCUT2D eigenvalue weighted by atomic mass is 9.95. The molecule has 5 N–H and O–H groups in total. The maximum absolute atomic E-state index is 13.2. The molecule has 1 aliphatic rings. The van der Waals surface area contributed by atoms with Crippen LogP contribution in [0.15, 0.2) is 82.1 Å². The van der Waals surface area contributed by atoms with Gasteiger partial charge < -0.3 is 35.7 Å². The summed E-state index contributed by atoms with van der Waals surface area (Å²) in [6, 6.07) is 15.0. The number of nitrogens with two attached hydrogens (primary N) is 1. The van der Waals surface area contributed by atoms with E-state index in [9.17, 15) is 23.1 Å². The number of aliphatic hydroxyl groups is 1. The first-order valence-electron chi connectivity index (χ1n) is 14.9.